The van der Waals surface area contributed by atoms with E-state index in [0.29, 0.717) is 43.8 Å². The van der Waals surface area contributed by atoms with Crippen molar-refractivity contribution in [3.63, 3.8) is 0 Å². The van der Waals surface area contributed by atoms with Gasteiger partial charge in [0.15, 0.2) is 0 Å². The SMILES string of the molecule is Cc1cc(C(=O)N2CC(c3nnc(-c4ccncc4)o3)C3(CCOCC3)C2)n(C)n1. The first-order chi connectivity index (χ1) is 14.6. The summed E-state index contributed by atoms with van der Waals surface area (Å²) in [4.78, 5) is 19.2. The van der Waals surface area contributed by atoms with Crippen molar-refractivity contribution < 1.29 is 13.9 Å². The van der Waals surface area contributed by atoms with E-state index >= 15 is 0 Å². The highest BCUT2D eigenvalue weighted by Crippen LogP contribution is 2.49. The van der Waals surface area contributed by atoms with E-state index in [4.69, 9.17) is 9.15 Å². The Hall–Kier alpha value is -3.07. The van der Waals surface area contributed by atoms with E-state index < -0.39 is 0 Å². The van der Waals surface area contributed by atoms with Crippen LogP contribution >= 0.6 is 0 Å². The molecule has 3 aromatic rings. The molecule has 1 atom stereocenters. The molecule has 9 nitrogen and oxygen atoms in total. The van der Waals surface area contributed by atoms with Gasteiger partial charge < -0.3 is 14.1 Å². The number of amides is 1. The normalized spacial score (nSPS) is 20.7. The second-order valence-corrected chi connectivity index (χ2v) is 8.19. The van der Waals surface area contributed by atoms with Crippen LogP contribution in [0, 0.1) is 12.3 Å². The van der Waals surface area contributed by atoms with E-state index in [1.165, 1.54) is 0 Å². The first-order valence-corrected chi connectivity index (χ1v) is 10.2. The first kappa shape index (κ1) is 18.9. The molecule has 1 spiro atoms. The minimum absolute atomic E-state index is 0.0136. The molecule has 0 bridgehead atoms. The molecule has 0 aromatic carbocycles. The predicted octanol–water partition coefficient (Wildman–Crippen LogP) is 2.21. The lowest BCUT2D eigenvalue weighted by atomic mass is 9.72. The number of aromatic nitrogens is 5. The van der Waals surface area contributed by atoms with Gasteiger partial charge in [-0.05, 0) is 38.0 Å². The van der Waals surface area contributed by atoms with E-state index in [9.17, 15) is 4.79 Å². The molecule has 0 radical (unpaired) electrons. The van der Waals surface area contributed by atoms with Crippen LogP contribution < -0.4 is 0 Å². The lowest BCUT2D eigenvalue weighted by Crippen LogP contribution is -2.37. The maximum absolute atomic E-state index is 13.3. The molecule has 2 saturated heterocycles. The molecule has 2 fully saturated rings. The average molecular weight is 408 g/mol. The third-order valence-corrected chi connectivity index (χ3v) is 6.31. The maximum Gasteiger partial charge on any atom is 0.272 e. The number of nitrogens with zero attached hydrogens (tertiary/aromatic N) is 6. The number of aryl methyl sites for hydroxylation is 2. The van der Waals surface area contributed by atoms with E-state index in [1.54, 1.807) is 24.1 Å². The fraction of sp³-hybridized carbons (Fsp3) is 0.476. The van der Waals surface area contributed by atoms with Gasteiger partial charge in [0.1, 0.15) is 5.69 Å². The third-order valence-electron chi connectivity index (χ3n) is 6.31. The monoisotopic (exact) mass is 408 g/mol. The Kier molecular flexibility index (Phi) is 4.62. The molecule has 2 aliphatic heterocycles. The number of rotatable bonds is 3. The summed E-state index contributed by atoms with van der Waals surface area (Å²) in [6.45, 7) is 4.43. The second-order valence-electron chi connectivity index (χ2n) is 8.19. The van der Waals surface area contributed by atoms with Crippen molar-refractivity contribution >= 4 is 5.91 Å². The lowest BCUT2D eigenvalue weighted by molar-refractivity contribution is 0.00902. The van der Waals surface area contributed by atoms with Crippen LogP contribution in [0.25, 0.3) is 11.5 Å². The number of carbonyl (C=O) groups excluding carboxylic acids is 1. The Morgan fingerprint density at radius 3 is 2.67 bits per heavy atom. The van der Waals surface area contributed by atoms with Gasteiger partial charge in [-0.3, -0.25) is 14.5 Å². The molecular formula is C21H24N6O3. The smallest absolute Gasteiger partial charge is 0.272 e. The molecule has 0 N–H and O–H groups in total. The van der Waals surface area contributed by atoms with E-state index in [1.807, 2.05) is 30.0 Å². The summed E-state index contributed by atoms with van der Waals surface area (Å²) < 4.78 is 13.4. The average Bonchev–Trinajstić information content (AvgIpc) is 3.46. The molecule has 0 aliphatic carbocycles. The van der Waals surface area contributed by atoms with Gasteiger partial charge in [-0.15, -0.1) is 10.2 Å². The van der Waals surface area contributed by atoms with Gasteiger partial charge in [0.05, 0.1) is 11.6 Å². The van der Waals surface area contributed by atoms with Crippen LogP contribution in [0.3, 0.4) is 0 Å². The van der Waals surface area contributed by atoms with Crippen LogP contribution in [0.1, 0.15) is 40.8 Å². The summed E-state index contributed by atoms with van der Waals surface area (Å²) in [6.07, 6.45) is 5.12. The highest BCUT2D eigenvalue weighted by molar-refractivity contribution is 5.93. The largest absolute Gasteiger partial charge is 0.420 e. The Morgan fingerprint density at radius 2 is 1.97 bits per heavy atom. The highest BCUT2D eigenvalue weighted by atomic mass is 16.5. The van der Waals surface area contributed by atoms with Crippen molar-refractivity contribution in [3.05, 3.63) is 47.9 Å². The van der Waals surface area contributed by atoms with Gasteiger partial charge in [-0.1, -0.05) is 0 Å². The number of ether oxygens (including phenoxy) is 1. The number of hydrogen-bond acceptors (Lipinski definition) is 7. The van der Waals surface area contributed by atoms with Crippen LogP contribution in [0.2, 0.25) is 0 Å². The van der Waals surface area contributed by atoms with Crippen LogP contribution in [0.15, 0.2) is 35.0 Å². The number of carbonyl (C=O) groups is 1. The molecule has 5 rings (SSSR count). The number of pyridine rings is 1. The molecule has 2 aliphatic rings. The van der Waals surface area contributed by atoms with Gasteiger partial charge in [0.25, 0.3) is 5.91 Å². The summed E-state index contributed by atoms with van der Waals surface area (Å²) in [5.41, 5.74) is 2.14. The standard InChI is InChI=1S/C21H24N6O3/c1-14-11-17(26(2)25-14)20(28)27-12-16(21(13-27)5-9-29-10-6-21)19-24-23-18(30-19)15-3-7-22-8-4-15/h3-4,7-8,11,16H,5-6,9-10,12-13H2,1-2H3. The molecular weight excluding hydrogens is 384 g/mol. The van der Waals surface area contributed by atoms with Crippen LogP contribution in [-0.2, 0) is 11.8 Å². The zero-order valence-corrected chi connectivity index (χ0v) is 17.1. The second kappa shape index (κ2) is 7.32. The van der Waals surface area contributed by atoms with Gasteiger partial charge >= 0.3 is 0 Å². The van der Waals surface area contributed by atoms with Crippen molar-refractivity contribution in [2.75, 3.05) is 26.3 Å². The Balaban J connectivity index is 1.46. The quantitative estimate of drug-likeness (QED) is 0.655. The number of likely N-dealkylation sites (tertiary alicyclic amines) is 1. The summed E-state index contributed by atoms with van der Waals surface area (Å²) in [7, 11) is 1.80. The first-order valence-electron chi connectivity index (χ1n) is 10.2. The van der Waals surface area contributed by atoms with Crippen molar-refractivity contribution in [1.82, 2.24) is 29.9 Å². The van der Waals surface area contributed by atoms with Crippen LogP contribution in [0.5, 0.6) is 0 Å². The summed E-state index contributed by atoms with van der Waals surface area (Å²) in [5.74, 6) is 1.02. The van der Waals surface area contributed by atoms with E-state index in [2.05, 4.69) is 20.3 Å². The molecule has 3 aromatic heterocycles. The van der Waals surface area contributed by atoms with Gasteiger partial charge in [-0.25, -0.2) is 0 Å². The molecule has 0 saturated carbocycles. The van der Waals surface area contributed by atoms with E-state index in [0.717, 1.165) is 24.1 Å². The number of hydrogen-bond donors (Lipinski definition) is 0. The Labute approximate surface area is 174 Å². The summed E-state index contributed by atoms with van der Waals surface area (Å²) in [5, 5.41) is 13.0. The van der Waals surface area contributed by atoms with Crippen LogP contribution in [-0.4, -0.2) is 62.1 Å². The van der Waals surface area contributed by atoms with Gasteiger partial charge in [0.2, 0.25) is 11.8 Å². The molecule has 1 amide bonds. The molecule has 30 heavy (non-hydrogen) atoms. The van der Waals surface area contributed by atoms with Crippen molar-refractivity contribution in [1.29, 1.82) is 0 Å². The zero-order chi connectivity index (χ0) is 20.7. The summed E-state index contributed by atoms with van der Waals surface area (Å²) in [6, 6.07) is 5.52. The van der Waals surface area contributed by atoms with Crippen molar-refractivity contribution in [3.8, 4) is 11.5 Å². The van der Waals surface area contributed by atoms with Crippen LogP contribution in [0.4, 0.5) is 0 Å². The maximum atomic E-state index is 13.3. The van der Waals surface area contributed by atoms with E-state index in [-0.39, 0.29) is 17.2 Å². The van der Waals surface area contributed by atoms with Crippen molar-refractivity contribution in [2.45, 2.75) is 25.7 Å². The predicted molar refractivity (Wildman–Crippen MR) is 107 cm³/mol. The lowest BCUT2D eigenvalue weighted by Gasteiger charge is -2.36. The summed E-state index contributed by atoms with van der Waals surface area (Å²) >= 11 is 0. The minimum atomic E-state index is -0.121. The van der Waals surface area contributed by atoms with Crippen molar-refractivity contribution in [2.24, 2.45) is 12.5 Å². The fourth-order valence-corrected chi connectivity index (χ4v) is 4.71. The third kappa shape index (κ3) is 3.19. The Morgan fingerprint density at radius 1 is 1.20 bits per heavy atom. The molecule has 1 unspecified atom stereocenters. The molecule has 5 heterocycles. The fourth-order valence-electron chi connectivity index (χ4n) is 4.71. The highest BCUT2D eigenvalue weighted by Gasteiger charge is 2.51. The molecule has 156 valence electrons. The van der Waals surface area contributed by atoms with Gasteiger partial charge in [0, 0.05) is 56.7 Å². The molecule has 9 heteroatoms. The Bertz CT molecular complexity index is 1050. The minimum Gasteiger partial charge on any atom is -0.420 e. The topological polar surface area (TPSA) is 99.2 Å². The van der Waals surface area contributed by atoms with Gasteiger partial charge in [-0.2, -0.15) is 5.10 Å². The zero-order valence-electron chi connectivity index (χ0n) is 17.1.